The summed E-state index contributed by atoms with van der Waals surface area (Å²) in [7, 11) is 0. The monoisotopic (exact) mass is 206 g/mol. The molecule has 0 fully saturated rings. The Labute approximate surface area is 78.2 Å². The fraction of sp³-hybridized carbons (Fsp3) is 0.833. The molecule has 13 heavy (non-hydrogen) atoms. The molecule has 0 aliphatic heterocycles. The van der Waals surface area contributed by atoms with E-state index in [1.54, 1.807) is 0 Å². The third-order valence-corrected chi connectivity index (χ3v) is 1.99. The van der Waals surface area contributed by atoms with E-state index < -0.39 is 29.2 Å². The first-order valence-electron chi connectivity index (χ1n) is 3.46. The Kier molecular flexibility index (Phi) is 4.51. The highest BCUT2D eigenvalue weighted by Gasteiger charge is 2.25. The number of ether oxygens (including phenoxy) is 1. The minimum absolute atomic E-state index is 0.288. The van der Waals surface area contributed by atoms with Crippen molar-refractivity contribution in [3.63, 3.8) is 0 Å². The Balaban J connectivity index is 4.10. The number of carbonyl (C=O) groups is 1. The van der Waals surface area contributed by atoms with Crippen LogP contribution in [0.15, 0.2) is 0 Å². The number of esters is 1. The zero-order valence-electron chi connectivity index (χ0n) is 7.35. The molecule has 0 spiro atoms. The Morgan fingerprint density at radius 1 is 1.69 bits per heavy atom. The third-order valence-electron chi connectivity index (χ3n) is 1.06. The lowest BCUT2D eigenvalue weighted by Gasteiger charge is -2.24. The van der Waals surface area contributed by atoms with Crippen molar-refractivity contribution in [2.45, 2.75) is 19.4 Å². The molecule has 0 rings (SSSR count). The molecule has 0 aromatic carbocycles. The van der Waals surface area contributed by atoms with Crippen LogP contribution in [0.5, 0.6) is 0 Å². The molecule has 0 N–H and O–H groups in total. The number of carbonyl (C=O) groups excluding carboxylic acids is 1. The van der Waals surface area contributed by atoms with Gasteiger partial charge in [-0.05, 0) is 13.8 Å². The summed E-state index contributed by atoms with van der Waals surface area (Å²) in [4.78, 5) is 13.3. The predicted octanol–water partition coefficient (Wildman–Crippen LogP) is 0.0404. The second kappa shape index (κ2) is 4.89. The maximum absolute atomic E-state index is 10.8. The topological polar surface area (TPSA) is 94.6 Å². The fourth-order valence-electron chi connectivity index (χ4n) is 0.711. The largest absolute Gasteiger partial charge is 0.772 e. The van der Waals surface area contributed by atoms with Crippen LogP contribution < -0.4 is 0 Å². The summed E-state index contributed by atoms with van der Waals surface area (Å²) >= 11 is -2.28. The molecule has 1 atom stereocenters. The zero-order valence-corrected chi connectivity index (χ0v) is 8.17. The molecule has 0 aliphatic carbocycles. The number of nitrogens with zero attached hydrogens (tertiary/aromatic N) is 2. The second-order valence-corrected chi connectivity index (χ2v) is 3.88. The van der Waals surface area contributed by atoms with Crippen molar-refractivity contribution in [3.05, 3.63) is 4.98 Å². The van der Waals surface area contributed by atoms with Crippen LogP contribution in [0.25, 0.3) is 4.98 Å². The first-order chi connectivity index (χ1) is 5.87. The van der Waals surface area contributed by atoms with Crippen LogP contribution in [0.4, 0.5) is 0 Å². The molecule has 0 amide bonds. The molecule has 1 unspecified atom stereocenters. The predicted molar refractivity (Wildman–Crippen MR) is 43.9 cm³/mol. The van der Waals surface area contributed by atoms with Gasteiger partial charge in [0.05, 0.1) is 0 Å². The van der Waals surface area contributed by atoms with E-state index in [1.807, 2.05) is 0 Å². The Morgan fingerprint density at radius 3 is 2.62 bits per heavy atom. The van der Waals surface area contributed by atoms with Gasteiger partial charge in [0, 0.05) is 5.75 Å². The van der Waals surface area contributed by atoms with Gasteiger partial charge in [0.2, 0.25) is 5.39 Å². The first kappa shape index (κ1) is 12.0. The summed E-state index contributed by atoms with van der Waals surface area (Å²) in [6, 6.07) is 0. The molecule has 0 aromatic rings. The van der Waals surface area contributed by atoms with Crippen molar-refractivity contribution in [1.82, 2.24) is 0 Å². The van der Waals surface area contributed by atoms with Crippen molar-refractivity contribution in [2.75, 3.05) is 12.3 Å². The van der Waals surface area contributed by atoms with Crippen LogP contribution >= 0.6 is 0 Å². The van der Waals surface area contributed by atoms with E-state index in [0.29, 0.717) is 0 Å². The van der Waals surface area contributed by atoms with Gasteiger partial charge in [-0.15, -0.1) is 0 Å². The van der Waals surface area contributed by atoms with Crippen molar-refractivity contribution in [1.29, 1.82) is 5.39 Å². The normalized spacial score (nSPS) is 13.1. The van der Waals surface area contributed by atoms with Crippen LogP contribution in [0.2, 0.25) is 0 Å². The average molecular weight is 206 g/mol. The van der Waals surface area contributed by atoms with Gasteiger partial charge in [-0.2, -0.15) is 0 Å². The summed E-state index contributed by atoms with van der Waals surface area (Å²) in [6.07, 6.45) is 0. The Bertz CT molecular complexity index is 258. The molecule has 0 saturated heterocycles. The number of hydrogen-bond donors (Lipinski definition) is 0. The van der Waals surface area contributed by atoms with Gasteiger partial charge in [0.15, 0.2) is 0 Å². The maximum atomic E-state index is 10.8. The van der Waals surface area contributed by atoms with Crippen molar-refractivity contribution in [3.8, 4) is 0 Å². The highest BCUT2D eigenvalue weighted by atomic mass is 32.2. The van der Waals surface area contributed by atoms with Gasteiger partial charge >= 0.3 is 12.5 Å². The lowest BCUT2D eigenvalue weighted by Crippen LogP contribution is -2.34. The number of hydrogen-bond acceptors (Lipinski definition) is 5. The molecule has 7 heteroatoms. The molecule has 0 aromatic heterocycles. The van der Waals surface area contributed by atoms with Crippen LogP contribution in [0, 0.1) is 5.39 Å². The van der Waals surface area contributed by atoms with E-state index in [4.69, 9.17) is 10.1 Å². The molecule has 6 nitrogen and oxygen atoms in total. The Hall–Kier alpha value is -1.00. The quantitative estimate of drug-likeness (QED) is 0.367. The van der Waals surface area contributed by atoms with E-state index in [0.717, 1.165) is 0 Å². The lowest BCUT2D eigenvalue weighted by atomic mass is 10.2. The van der Waals surface area contributed by atoms with E-state index in [1.165, 1.54) is 13.8 Å². The minimum atomic E-state index is -2.28. The van der Waals surface area contributed by atoms with Crippen molar-refractivity contribution < 1.29 is 18.3 Å². The standard InChI is InChI=1S/C6H10N2O4S/c1-6(2,4-13(10)11)12-5(9)3-8-7/h3-4H2,1-2H3. The van der Waals surface area contributed by atoms with Gasteiger partial charge in [0.25, 0.3) is 0 Å². The molecule has 0 bridgehead atoms. The van der Waals surface area contributed by atoms with Gasteiger partial charge < -0.3 is 9.29 Å². The second-order valence-electron chi connectivity index (χ2n) is 2.98. The number of diazo groups is 1. The lowest BCUT2D eigenvalue weighted by molar-refractivity contribution is -0.151. The van der Waals surface area contributed by atoms with Crippen LogP contribution in [0.3, 0.4) is 0 Å². The fourth-order valence-corrected chi connectivity index (χ4v) is 1.34. The van der Waals surface area contributed by atoms with Gasteiger partial charge in [-0.25, -0.2) is 4.79 Å². The smallest absolute Gasteiger partial charge is 0.399 e. The first-order valence-corrected chi connectivity index (χ1v) is 4.70. The molecule has 0 saturated carbocycles. The number of rotatable bonds is 4. The maximum Gasteiger partial charge on any atom is 0.399 e. The molecular formula is C6H10N2O4S. The van der Waals surface area contributed by atoms with E-state index in [-0.39, 0.29) is 5.75 Å². The Morgan fingerprint density at radius 2 is 2.23 bits per heavy atom. The summed E-state index contributed by atoms with van der Waals surface area (Å²) in [5.41, 5.74) is -1.09. The average Bonchev–Trinajstić information content (AvgIpc) is 1.81. The SMILES string of the molecule is CC(C)(CS(=O)[O-])OC(=O)C[N+]#N. The molecule has 74 valence electrons. The summed E-state index contributed by atoms with van der Waals surface area (Å²) in [5.74, 6) is -1.05. The van der Waals surface area contributed by atoms with E-state index in [9.17, 15) is 13.6 Å². The molecular weight excluding hydrogens is 196 g/mol. The summed E-state index contributed by atoms with van der Waals surface area (Å²) in [6.45, 7) is 2.42. The van der Waals surface area contributed by atoms with Gasteiger partial charge in [0.1, 0.15) is 10.6 Å². The van der Waals surface area contributed by atoms with Crippen LogP contribution in [0.1, 0.15) is 13.8 Å². The van der Waals surface area contributed by atoms with Crippen LogP contribution in [-0.2, 0) is 20.6 Å². The third kappa shape index (κ3) is 6.19. The van der Waals surface area contributed by atoms with Crippen molar-refractivity contribution >= 4 is 17.0 Å². The van der Waals surface area contributed by atoms with Crippen LogP contribution in [-0.4, -0.2) is 32.6 Å². The summed E-state index contributed by atoms with van der Waals surface area (Å²) < 4.78 is 25.3. The zero-order chi connectivity index (χ0) is 10.5. The van der Waals surface area contributed by atoms with E-state index in [2.05, 4.69) is 4.98 Å². The van der Waals surface area contributed by atoms with Gasteiger partial charge in [-0.1, -0.05) is 11.1 Å². The van der Waals surface area contributed by atoms with Crippen molar-refractivity contribution in [2.24, 2.45) is 0 Å². The molecule has 0 radical (unpaired) electrons. The minimum Gasteiger partial charge on any atom is -0.772 e. The molecule has 0 heterocycles. The van der Waals surface area contributed by atoms with E-state index >= 15 is 0 Å². The molecule has 0 aliphatic rings. The summed E-state index contributed by atoms with van der Waals surface area (Å²) in [5, 5.41) is 8.02. The van der Waals surface area contributed by atoms with Gasteiger partial charge in [-0.3, -0.25) is 4.21 Å². The highest BCUT2D eigenvalue weighted by molar-refractivity contribution is 7.79. The highest BCUT2D eigenvalue weighted by Crippen LogP contribution is 2.10.